The number of carbonyl (C=O) groups excluding carboxylic acids is 1. The predicted octanol–water partition coefficient (Wildman–Crippen LogP) is 16.7. The molecule has 3 saturated heterocycles. The highest BCUT2D eigenvalue weighted by Crippen LogP contribution is 2.47. The van der Waals surface area contributed by atoms with Gasteiger partial charge in [-0.15, -0.1) is 0 Å². The molecule has 0 aliphatic carbocycles. The van der Waals surface area contributed by atoms with E-state index in [4.69, 9.17) is 60.0 Å². The second-order valence-electron chi connectivity index (χ2n) is 30.7. The monoisotopic (exact) mass is 1340 g/mol. The average molecular weight is 1350 g/mol. The van der Waals surface area contributed by atoms with Crippen molar-refractivity contribution in [3.05, 3.63) is 23.8 Å². The lowest BCUT2D eigenvalue weighted by atomic mass is 9.80. The number of cyclic esters (lactones) is 1. The lowest BCUT2D eigenvalue weighted by Gasteiger charge is -2.53. The molecule has 0 spiro atoms. The van der Waals surface area contributed by atoms with Gasteiger partial charge in [0.05, 0.1) is 61.8 Å². The van der Waals surface area contributed by atoms with Crippen molar-refractivity contribution in [1.82, 2.24) is 4.90 Å². The van der Waals surface area contributed by atoms with Crippen LogP contribution in [0.4, 0.5) is 0 Å². The highest BCUT2D eigenvalue weighted by Gasteiger charge is 2.56. The number of rotatable bonds is 28. The van der Waals surface area contributed by atoms with Crippen LogP contribution in [0.2, 0.25) is 90.7 Å². The average Bonchev–Trinajstić information content (AvgIpc) is 3.75. The zero-order valence-electron chi connectivity index (χ0n) is 62.3. The number of esters is 1. The number of hydrogen-bond donors (Lipinski definition) is 0. The van der Waals surface area contributed by atoms with E-state index < -0.39 is 97.1 Å². The topological polar surface area (TPSA) is 140 Å². The Labute approximate surface area is 550 Å². The molecule has 3 fully saturated rings. The summed E-state index contributed by atoms with van der Waals surface area (Å²) in [5.41, 5.74) is 1.01. The molecule has 20 heteroatoms. The minimum absolute atomic E-state index is 0.0121. The Hall–Kier alpha value is -0.486. The van der Waals surface area contributed by atoms with Gasteiger partial charge in [0.25, 0.3) is 0 Å². The first-order valence-corrected chi connectivity index (χ1v) is 48.8. The van der Waals surface area contributed by atoms with E-state index in [0.717, 1.165) is 66.4 Å². The van der Waals surface area contributed by atoms with Gasteiger partial charge in [-0.2, -0.15) is 0 Å². The first-order valence-electron chi connectivity index (χ1n) is 35.4. The molecule has 0 aromatic carbocycles. The zero-order valence-corrected chi connectivity index (χ0v) is 67.3. The molecule has 89 heavy (non-hydrogen) atoms. The number of allylic oxidation sites excluding steroid dienone is 2. The number of likely N-dealkylation sites (N-methyl/N-ethyl adjacent to an activating group) is 1. The van der Waals surface area contributed by atoms with Crippen LogP contribution in [0.3, 0.4) is 0 Å². The summed E-state index contributed by atoms with van der Waals surface area (Å²) >= 11 is 0. The number of carbonyl (C=O) groups is 1. The van der Waals surface area contributed by atoms with Crippen molar-refractivity contribution in [3.63, 3.8) is 0 Å². The molecule has 4 aliphatic rings. The number of methoxy groups -OCH3 is 2. The van der Waals surface area contributed by atoms with Crippen LogP contribution in [0, 0.1) is 23.7 Å². The number of nitrogens with zero attached hydrogens (tertiary/aromatic N) is 1. The van der Waals surface area contributed by atoms with Gasteiger partial charge < -0.3 is 64.9 Å². The van der Waals surface area contributed by atoms with E-state index in [0.29, 0.717) is 12.8 Å². The first-order chi connectivity index (χ1) is 41.5. The Kier molecular flexibility index (Phi) is 31.5. The SMILES string of the molecule is CC[C@H]1OC(=O)C[C@H]2OC(O[Si](C)(C)C(C)(C)C)C[C@@H](C[C@@H](C)C(O[Si](C)(C)C(C)(C)C)/C=C/C(C)=C/[C@@H]1CO[C@@H]1O[C@H](C)[C@@H](O[Si](CC)(CC)CC)[C@@H](OC)[C@H]1OC)[C@H](O[C@@H]1O[C@H](C)[C@@H](O[Si](CC)(CC)CC)[C@H](N(C)C)[C@H]1O[Si](CC)(CC)CC)[C@H]2C. The molecule has 522 valence electrons. The zero-order chi connectivity index (χ0) is 67.4. The molecule has 0 aromatic rings. The van der Waals surface area contributed by atoms with Gasteiger partial charge in [0.2, 0.25) is 0 Å². The van der Waals surface area contributed by atoms with Crippen molar-refractivity contribution < 1.29 is 64.8 Å². The summed E-state index contributed by atoms with van der Waals surface area (Å²) in [5.74, 6) is -1.16. The van der Waals surface area contributed by atoms with E-state index in [1.54, 1.807) is 14.2 Å². The van der Waals surface area contributed by atoms with Crippen LogP contribution in [0.25, 0.3) is 0 Å². The third-order valence-corrected chi connectivity index (χ3v) is 45.8. The molecular weight excluding hydrogens is 1210 g/mol. The molecular formula is C69H137NO14Si5. The van der Waals surface area contributed by atoms with Crippen LogP contribution in [0.1, 0.15) is 171 Å². The van der Waals surface area contributed by atoms with Gasteiger partial charge in [0.15, 0.2) is 54.2 Å². The molecule has 4 aliphatic heterocycles. The molecule has 0 radical (unpaired) electrons. The van der Waals surface area contributed by atoms with Crippen LogP contribution in [0.15, 0.2) is 23.8 Å². The van der Waals surface area contributed by atoms with Crippen LogP contribution in [-0.4, -0.2) is 179 Å². The van der Waals surface area contributed by atoms with Crippen LogP contribution >= 0.6 is 0 Å². The summed E-state index contributed by atoms with van der Waals surface area (Å²) in [6, 6.07) is 8.85. The lowest BCUT2D eigenvalue weighted by Crippen LogP contribution is -2.68. The van der Waals surface area contributed by atoms with Crippen molar-refractivity contribution in [1.29, 1.82) is 0 Å². The second kappa shape index (κ2) is 34.6. The van der Waals surface area contributed by atoms with Crippen molar-refractivity contribution in [2.75, 3.05) is 34.9 Å². The number of fused-ring (bicyclic) bond motifs is 3. The smallest absolute Gasteiger partial charge is 0.308 e. The van der Waals surface area contributed by atoms with Gasteiger partial charge in [-0.1, -0.05) is 148 Å². The summed E-state index contributed by atoms with van der Waals surface area (Å²) < 4.78 is 93.2. The number of hydrogen-bond acceptors (Lipinski definition) is 15. The molecule has 15 nitrogen and oxygen atoms in total. The summed E-state index contributed by atoms with van der Waals surface area (Å²) in [6.45, 7) is 56.7. The molecule has 0 amide bonds. The molecule has 2 unspecified atom stereocenters. The second-order valence-corrected chi connectivity index (χ2v) is 54.3. The maximum absolute atomic E-state index is 15.2. The molecule has 19 atom stereocenters. The molecule has 2 bridgehead atoms. The third kappa shape index (κ3) is 20.3. The lowest BCUT2D eigenvalue weighted by molar-refractivity contribution is -0.301. The molecule has 0 aromatic heterocycles. The summed E-state index contributed by atoms with van der Waals surface area (Å²) in [6.07, 6.45) is 1.76. The standard InChI is InChI=1S/C69H137NO14Si5/c1-30-54-53(46-74-66-65(73-25)64(72-24)62(51(15)75-66)83-88(34-5,35-6)36-7)42-47(11)40-41-55(80-85(26,27)68(16,17)18)48(12)43-52-44-58(81-86(28,29)69(19,20)21)78-56(45-57(71)77-54)49(13)60(52)79-67-63(84-89(37-8,38-9)39-10)59(70(22)23)61(50(14)76-67)82-87(31-2,32-3)33-4/h40-42,48-56,58-67H,30-39,43-46H2,1-29H3/b41-40+,47-42+/t48-,49+,50-,51-,52-,53-,54-,55?,56-,58?,59+,60-,61-,62-,63-,64-,65-,66-,67+/m1/s1. The van der Waals surface area contributed by atoms with Crippen molar-refractivity contribution >= 4 is 47.6 Å². The Balaban J connectivity index is 1.98. The van der Waals surface area contributed by atoms with E-state index in [1.165, 1.54) is 0 Å². The molecule has 4 heterocycles. The Morgan fingerprint density at radius 1 is 0.584 bits per heavy atom. The van der Waals surface area contributed by atoms with E-state index in [1.807, 2.05) is 6.92 Å². The quantitative estimate of drug-likeness (QED) is 0.0542. The predicted molar refractivity (Wildman–Crippen MR) is 376 cm³/mol. The maximum Gasteiger partial charge on any atom is 0.308 e. The fourth-order valence-electron chi connectivity index (χ4n) is 13.9. The Morgan fingerprint density at radius 3 is 1.53 bits per heavy atom. The van der Waals surface area contributed by atoms with E-state index in [9.17, 15) is 0 Å². The minimum atomic E-state index is -2.48. The van der Waals surface area contributed by atoms with Gasteiger partial charge in [0.1, 0.15) is 30.7 Å². The third-order valence-electron chi connectivity index (χ3n) is 23.0. The van der Waals surface area contributed by atoms with Crippen molar-refractivity contribution in [2.24, 2.45) is 23.7 Å². The molecule has 0 N–H and O–H groups in total. The summed E-state index contributed by atoms with van der Waals surface area (Å²) in [4.78, 5) is 17.6. The fraction of sp³-hybridized carbons (Fsp3) is 0.928. The Morgan fingerprint density at radius 2 is 1.06 bits per heavy atom. The van der Waals surface area contributed by atoms with Gasteiger partial charge >= 0.3 is 5.97 Å². The van der Waals surface area contributed by atoms with Crippen LogP contribution in [-0.2, 0) is 64.8 Å². The van der Waals surface area contributed by atoms with Crippen molar-refractivity contribution in [3.8, 4) is 0 Å². The minimum Gasteiger partial charge on any atom is -0.462 e. The van der Waals surface area contributed by atoms with E-state index in [-0.39, 0.29) is 89.3 Å². The van der Waals surface area contributed by atoms with Gasteiger partial charge in [0, 0.05) is 32.5 Å². The maximum atomic E-state index is 15.2. The van der Waals surface area contributed by atoms with Crippen LogP contribution in [0.5, 0.6) is 0 Å². The molecule has 0 saturated carbocycles. The largest absolute Gasteiger partial charge is 0.462 e. The Bertz CT molecular complexity index is 2140. The molecule has 4 rings (SSSR count). The van der Waals surface area contributed by atoms with E-state index in [2.05, 4.69) is 202 Å². The summed E-state index contributed by atoms with van der Waals surface area (Å²) in [5, 5.41) is -0.169. The first kappa shape index (κ1) is 80.9. The van der Waals surface area contributed by atoms with E-state index >= 15 is 4.79 Å². The van der Waals surface area contributed by atoms with Crippen LogP contribution < -0.4 is 0 Å². The highest BCUT2D eigenvalue weighted by atomic mass is 28.4. The van der Waals surface area contributed by atoms with Gasteiger partial charge in [-0.05, 0) is 150 Å². The summed E-state index contributed by atoms with van der Waals surface area (Å²) in [7, 11) is -3.63. The van der Waals surface area contributed by atoms with Gasteiger partial charge in [-0.25, -0.2) is 0 Å². The van der Waals surface area contributed by atoms with Crippen molar-refractivity contribution in [2.45, 2.75) is 354 Å². The normalized spacial score (nSPS) is 34.9. The fourth-order valence-corrected chi connectivity index (χ4v) is 25.0. The number of ether oxygens (including phenoxy) is 8. The van der Waals surface area contributed by atoms with Gasteiger partial charge in [-0.3, -0.25) is 4.79 Å². The highest BCUT2D eigenvalue weighted by molar-refractivity contribution is 6.75.